The molecule has 0 aliphatic carbocycles. The molecule has 1 aliphatic heterocycles. The molecule has 1 saturated heterocycles. The summed E-state index contributed by atoms with van der Waals surface area (Å²) in [5.74, 6) is 0.0563. The first kappa shape index (κ1) is 17.6. The minimum atomic E-state index is -0.123. The fourth-order valence-corrected chi connectivity index (χ4v) is 3.54. The predicted octanol–water partition coefficient (Wildman–Crippen LogP) is 4.29. The Morgan fingerprint density at radius 1 is 1.32 bits per heavy atom. The van der Waals surface area contributed by atoms with E-state index in [0.717, 1.165) is 25.8 Å². The zero-order valence-corrected chi connectivity index (χ0v) is 15.0. The van der Waals surface area contributed by atoms with Gasteiger partial charge in [-0.25, -0.2) is 0 Å². The molecule has 132 valence electrons. The average molecular weight is 360 g/mol. The second-order valence-electron chi connectivity index (χ2n) is 6.22. The lowest BCUT2D eigenvalue weighted by Gasteiger charge is -2.25. The molecule has 2 aromatic carbocycles. The summed E-state index contributed by atoms with van der Waals surface area (Å²) in [6.45, 7) is 2.94. The van der Waals surface area contributed by atoms with Crippen LogP contribution in [0.1, 0.15) is 35.7 Å². The number of benzene rings is 2. The van der Waals surface area contributed by atoms with Gasteiger partial charge in [0.2, 0.25) is 0 Å². The topological polar surface area (TPSA) is 49.8 Å². The van der Waals surface area contributed by atoms with Crippen LogP contribution >= 0.6 is 11.6 Å². The summed E-state index contributed by atoms with van der Waals surface area (Å²) in [5, 5.41) is 10.1. The molecule has 3 rings (SSSR count). The van der Waals surface area contributed by atoms with E-state index in [0.29, 0.717) is 12.2 Å². The van der Waals surface area contributed by atoms with Crippen molar-refractivity contribution < 1.29 is 14.6 Å². The van der Waals surface area contributed by atoms with E-state index in [9.17, 15) is 9.90 Å². The van der Waals surface area contributed by atoms with Crippen molar-refractivity contribution in [1.82, 2.24) is 4.90 Å². The van der Waals surface area contributed by atoms with Gasteiger partial charge in [0.25, 0.3) is 5.91 Å². The number of aromatic hydroxyl groups is 1. The number of carbonyl (C=O) groups excluding carboxylic acids is 1. The number of rotatable bonds is 5. The highest BCUT2D eigenvalue weighted by Crippen LogP contribution is 2.36. The van der Waals surface area contributed by atoms with Gasteiger partial charge in [-0.3, -0.25) is 4.79 Å². The van der Waals surface area contributed by atoms with Crippen LogP contribution < -0.4 is 4.74 Å². The molecule has 0 spiro atoms. The van der Waals surface area contributed by atoms with Crippen LogP contribution in [0.15, 0.2) is 42.5 Å². The highest BCUT2D eigenvalue weighted by atomic mass is 35.5. The maximum atomic E-state index is 13.0. The van der Waals surface area contributed by atoms with Gasteiger partial charge < -0.3 is 14.7 Å². The van der Waals surface area contributed by atoms with Crippen molar-refractivity contribution in [2.24, 2.45) is 0 Å². The van der Waals surface area contributed by atoms with Crippen LogP contribution in [0.25, 0.3) is 0 Å². The lowest BCUT2D eigenvalue weighted by Crippen LogP contribution is -2.36. The molecule has 1 unspecified atom stereocenters. The van der Waals surface area contributed by atoms with Gasteiger partial charge in [0.1, 0.15) is 0 Å². The molecule has 0 aromatic heterocycles. The molecule has 1 heterocycles. The zero-order chi connectivity index (χ0) is 17.8. The Labute approximate surface area is 153 Å². The highest BCUT2D eigenvalue weighted by molar-refractivity contribution is 6.32. The quantitative estimate of drug-likeness (QED) is 0.866. The lowest BCUT2D eigenvalue weighted by atomic mass is 10.0. The number of phenols is 1. The van der Waals surface area contributed by atoms with E-state index in [1.54, 1.807) is 6.07 Å². The van der Waals surface area contributed by atoms with E-state index in [4.69, 9.17) is 16.3 Å². The first-order valence-corrected chi connectivity index (χ1v) is 8.98. The summed E-state index contributed by atoms with van der Waals surface area (Å²) in [7, 11) is 0. The predicted molar refractivity (Wildman–Crippen MR) is 98.5 cm³/mol. The molecule has 5 heteroatoms. The minimum absolute atomic E-state index is 0.0683. The van der Waals surface area contributed by atoms with Crippen molar-refractivity contribution in [2.75, 3.05) is 13.2 Å². The Bertz CT molecular complexity index is 748. The summed E-state index contributed by atoms with van der Waals surface area (Å²) in [6, 6.07) is 13.5. The Morgan fingerprint density at radius 2 is 2.08 bits per heavy atom. The van der Waals surface area contributed by atoms with Gasteiger partial charge in [-0.2, -0.15) is 0 Å². The van der Waals surface area contributed by atoms with Gasteiger partial charge in [0, 0.05) is 18.2 Å². The van der Waals surface area contributed by atoms with Crippen LogP contribution in [0.5, 0.6) is 11.5 Å². The summed E-state index contributed by atoms with van der Waals surface area (Å²) in [4.78, 5) is 14.9. The number of amides is 1. The number of hydrogen-bond acceptors (Lipinski definition) is 3. The van der Waals surface area contributed by atoms with Crippen LogP contribution in [0.4, 0.5) is 0 Å². The molecule has 1 N–H and O–H groups in total. The maximum absolute atomic E-state index is 13.0. The number of ether oxygens (including phenoxy) is 1. The molecule has 25 heavy (non-hydrogen) atoms. The summed E-state index contributed by atoms with van der Waals surface area (Å²) in [6.07, 6.45) is 2.83. The van der Waals surface area contributed by atoms with Crippen molar-refractivity contribution in [1.29, 1.82) is 0 Å². The van der Waals surface area contributed by atoms with E-state index in [1.807, 2.05) is 30.0 Å². The highest BCUT2D eigenvalue weighted by Gasteiger charge is 2.30. The van der Waals surface area contributed by atoms with Crippen LogP contribution in [0.2, 0.25) is 5.02 Å². The van der Waals surface area contributed by atoms with Crippen LogP contribution in [-0.4, -0.2) is 35.1 Å². The molecular formula is C20H22ClNO3. The van der Waals surface area contributed by atoms with Crippen LogP contribution in [-0.2, 0) is 6.42 Å². The second kappa shape index (κ2) is 7.79. The number of halogens is 1. The number of likely N-dealkylation sites (tertiary alicyclic amines) is 1. The van der Waals surface area contributed by atoms with E-state index in [2.05, 4.69) is 12.1 Å². The second-order valence-corrected chi connectivity index (χ2v) is 6.63. The molecule has 1 amide bonds. The molecule has 1 aliphatic rings. The molecule has 2 aromatic rings. The summed E-state index contributed by atoms with van der Waals surface area (Å²) < 4.78 is 5.39. The van der Waals surface area contributed by atoms with Gasteiger partial charge in [-0.1, -0.05) is 41.9 Å². The van der Waals surface area contributed by atoms with E-state index >= 15 is 0 Å². The Balaban J connectivity index is 1.82. The third-order valence-corrected chi connectivity index (χ3v) is 4.82. The number of hydrogen-bond donors (Lipinski definition) is 1. The lowest BCUT2D eigenvalue weighted by molar-refractivity contribution is 0.0736. The normalized spacial score (nSPS) is 16.9. The number of carbonyl (C=O) groups is 1. The zero-order valence-electron chi connectivity index (χ0n) is 14.2. The van der Waals surface area contributed by atoms with Crippen molar-refractivity contribution in [2.45, 2.75) is 32.2 Å². The first-order valence-electron chi connectivity index (χ1n) is 8.60. The average Bonchev–Trinajstić information content (AvgIpc) is 3.07. The third kappa shape index (κ3) is 3.90. The largest absolute Gasteiger partial charge is 0.503 e. The SMILES string of the molecule is CCOc1cc(C(=O)N2CCCC2Cc2ccccc2)cc(Cl)c1O. The van der Waals surface area contributed by atoms with Crippen LogP contribution in [0.3, 0.4) is 0 Å². The Morgan fingerprint density at radius 3 is 2.80 bits per heavy atom. The van der Waals surface area contributed by atoms with Gasteiger partial charge in [0.05, 0.1) is 11.6 Å². The van der Waals surface area contributed by atoms with Crippen molar-refractivity contribution in [3.05, 3.63) is 58.6 Å². The summed E-state index contributed by atoms with van der Waals surface area (Å²) in [5.41, 5.74) is 1.68. The minimum Gasteiger partial charge on any atom is -0.503 e. The molecule has 0 saturated carbocycles. The standard InChI is InChI=1S/C20H22ClNO3/c1-2-25-18-13-15(12-17(21)19(18)23)20(24)22-10-6-9-16(22)11-14-7-4-3-5-8-14/h3-5,7-8,12-13,16,23H,2,6,9-11H2,1H3. The molecule has 0 bridgehead atoms. The van der Waals surface area contributed by atoms with Gasteiger partial charge in [-0.05, 0) is 43.9 Å². The molecule has 1 fully saturated rings. The van der Waals surface area contributed by atoms with E-state index in [1.165, 1.54) is 11.6 Å². The van der Waals surface area contributed by atoms with Gasteiger partial charge in [0.15, 0.2) is 11.5 Å². The fraction of sp³-hybridized carbons (Fsp3) is 0.350. The van der Waals surface area contributed by atoms with Crippen molar-refractivity contribution in [3.8, 4) is 11.5 Å². The molecule has 4 nitrogen and oxygen atoms in total. The maximum Gasteiger partial charge on any atom is 0.254 e. The van der Waals surface area contributed by atoms with Crippen molar-refractivity contribution in [3.63, 3.8) is 0 Å². The van der Waals surface area contributed by atoms with Gasteiger partial charge in [-0.15, -0.1) is 0 Å². The van der Waals surface area contributed by atoms with E-state index in [-0.39, 0.29) is 28.5 Å². The van der Waals surface area contributed by atoms with Crippen molar-refractivity contribution >= 4 is 17.5 Å². The monoisotopic (exact) mass is 359 g/mol. The van der Waals surface area contributed by atoms with Crippen LogP contribution in [0, 0.1) is 0 Å². The first-order chi connectivity index (χ1) is 12.1. The van der Waals surface area contributed by atoms with Gasteiger partial charge >= 0.3 is 0 Å². The molecule has 0 radical (unpaired) electrons. The Kier molecular flexibility index (Phi) is 5.49. The molecular weight excluding hydrogens is 338 g/mol. The smallest absolute Gasteiger partial charge is 0.254 e. The molecule has 1 atom stereocenters. The van der Waals surface area contributed by atoms with E-state index < -0.39 is 0 Å². The Hall–Kier alpha value is -2.20. The fourth-order valence-electron chi connectivity index (χ4n) is 3.33. The number of nitrogens with zero attached hydrogens (tertiary/aromatic N) is 1. The summed E-state index contributed by atoms with van der Waals surface area (Å²) >= 11 is 6.07. The third-order valence-electron chi connectivity index (χ3n) is 4.53. The number of phenolic OH excluding ortho intramolecular Hbond substituents is 1.